The lowest BCUT2D eigenvalue weighted by Gasteiger charge is -2.31. The van der Waals surface area contributed by atoms with Crippen LogP contribution in [0, 0.1) is 0 Å². The third-order valence-electron chi connectivity index (χ3n) is 3.44. The van der Waals surface area contributed by atoms with Gasteiger partial charge >= 0.3 is 0 Å². The van der Waals surface area contributed by atoms with Gasteiger partial charge in [0.15, 0.2) is 0 Å². The summed E-state index contributed by atoms with van der Waals surface area (Å²) in [6, 6.07) is 16.2. The van der Waals surface area contributed by atoms with Crippen LogP contribution >= 0.6 is 0 Å². The Kier molecular flexibility index (Phi) is 3.01. The van der Waals surface area contributed by atoms with Gasteiger partial charge in [0, 0.05) is 11.1 Å². The number of methoxy groups -OCH3 is 1. The molecular formula is C18H18O2. The zero-order valence-electron chi connectivity index (χ0n) is 12.0. The first-order chi connectivity index (χ1) is 9.61. The largest absolute Gasteiger partial charge is 0.496 e. The van der Waals surface area contributed by atoms with Gasteiger partial charge in [0.05, 0.1) is 7.11 Å². The molecule has 0 aliphatic carbocycles. The second-order valence-corrected chi connectivity index (χ2v) is 5.46. The van der Waals surface area contributed by atoms with Crippen LogP contribution in [0.5, 0.6) is 11.5 Å². The second kappa shape index (κ2) is 4.71. The van der Waals surface area contributed by atoms with Crippen LogP contribution in [0.4, 0.5) is 0 Å². The lowest BCUT2D eigenvalue weighted by molar-refractivity contribution is 0.158. The van der Waals surface area contributed by atoms with Gasteiger partial charge in [0.25, 0.3) is 0 Å². The van der Waals surface area contributed by atoms with Crippen molar-refractivity contribution in [2.45, 2.75) is 19.4 Å². The Hall–Kier alpha value is -2.22. The summed E-state index contributed by atoms with van der Waals surface area (Å²) in [4.78, 5) is 0. The molecule has 0 unspecified atom stereocenters. The first kappa shape index (κ1) is 12.8. The summed E-state index contributed by atoms with van der Waals surface area (Å²) in [6.07, 6.45) is 2.16. The highest BCUT2D eigenvalue weighted by atomic mass is 16.5. The zero-order valence-corrected chi connectivity index (χ0v) is 12.0. The summed E-state index contributed by atoms with van der Waals surface area (Å²) < 4.78 is 11.5. The Bertz CT molecular complexity index is 669. The van der Waals surface area contributed by atoms with Crippen molar-refractivity contribution in [3.63, 3.8) is 0 Å². The molecule has 1 aliphatic heterocycles. The highest BCUT2D eigenvalue weighted by molar-refractivity contribution is 5.87. The maximum absolute atomic E-state index is 6.03. The van der Waals surface area contributed by atoms with Crippen LogP contribution in [-0.2, 0) is 0 Å². The van der Waals surface area contributed by atoms with Crippen molar-refractivity contribution in [3.05, 3.63) is 65.7 Å². The fraction of sp³-hybridized carbons (Fsp3) is 0.222. The molecule has 0 aromatic heterocycles. The predicted molar refractivity (Wildman–Crippen MR) is 81.2 cm³/mol. The van der Waals surface area contributed by atoms with Crippen LogP contribution in [-0.4, -0.2) is 12.7 Å². The van der Waals surface area contributed by atoms with Crippen molar-refractivity contribution in [2.75, 3.05) is 7.11 Å². The molecule has 3 rings (SSSR count). The number of para-hydroxylation sites is 2. The van der Waals surface area contributed by atoms with E-state index in [4.69, 9.17) is 9.47 Å². The molecule has 2 aromatic rings. The molecule has 0 saturated carbocycles. The molecule has 2 nitrogen and oxygen atoms in total. The summed E-state index contributed by atoms with van der Waals surface area (Å²) in [5.41, 5.74) is 3.04. The van der Waals surface area contributed by atoms with Gasteiger partial charge in [-0.15, -0.1) is 0 Å². The summed E-state index contributed by atoms with van der Waals surface area (Å²) >= 11 is 0. The molecule has 0 atom stereocenters. The first-order valence-electron chi connectivity index (χ1n) is 6.75. The average Bonchev–Trinajstić information content (AvgIpc) is 2.45. The van der Waals surface area contributed by atoms with E-state index >= 15 is 0 Å². The third-order valence-corrected chi connectivity index (χ3v) is 3.44. The van der Waals surface area contributed by atoms with Crippen LogP contribution in [0.1, 0.15) is 25.0 Å². The number of benzene rings is 2. The maximum Gasteiger partial charge on any atom is 0.128 e. The van der Waals surface area contributed by atoms with Crippen molar-refractivity contribution in [1.82, 2.24) is 0 Å². The van der Waals surface area contributed by atoms with E-state index in [0.29, 0.717) is 0 Å². The Morgan fingerprint density at radius 3 is 2.30 bits per heavy atom. The van der Waals surface area contributed by atoms with Gasteiger partial charge in [-0.25, -0.2) is 0 Å². The summed E-state index contributed by atoms with van der Waals surface area (Å²) in [5.74, 6) is 1.80. The number of ether oxygens (including phenoxy) is 2. The predicted octanol–water partition coefficient (Wildman–Crippen LogP) is 4.30. The van der Waals surface area contributed by atoms with Gasteiger partial charge in [0.1, 0.15) is 17.1 Å². The van der Waals surface area contributed by atoms with Crippen LogP contribution in [0.2, 0.25) is 0 Å². The van der Waals surface area contributed by atoms with E-state index in [-0.39, 0.29) is 5.60 Å². The van der Waals surface area contributed by atoms with Gasteiger partial charge in [-0.1, -0.05) is 36.4 Å². The lowest BCUT2D eigenvalue weighted by Crippen LogP contribution is -2.29. The summed E-state index contributed by atoms with van der Waals surface area (Å²) in [7, 11) is 1.70. The SMILES string of the molecule is COc1ccccc1C1=CC(C)(C)Oc2ccccc21. The molecule has 0 amide bonds. The molecule has 0 saturated heterocycles. The van der Waals surface area contributed by atoms with Gasteiger partial charge < -0.3 is 9.47 Å². The number of fused-ring (bicyclic) bond motifs is 1. The average molecular weight is 266 g/mol. The van der Waals surface area contributed by atoms with Crippen LogP contribution < -0.4 is 9.47 Å². The molecule has 0 bridgehead atoms. The second-order valence-electron chi connectivity index (χ2n) is 5.46. The van der Waals surface area contributed by atoms with Crippen molar-refractivity contribution in [1.29, 1.82) is 0 Å². The minimum absolute atomic E-state index is 0.329. The van der Waals surface area contributed by atoms with Gasteiger partial charge in [-0.05, 0) is 37.6 Å². The Labute approximate surface area is 119 Å². The van der Waals surface area contributed by atoms with Gasteiger partial charge in [0.2, 0.25) is 0 Å². The van der Waals surface area contributed by atoms with Crippen molar-refractivity contribution in [3.8, 4) is 11.5 Å². The smallest absolute Gasteiger partial charge is 0.128 e. The molecule has 1 heterocycles. The van der Waals surface area contributed by atoms with Crippen molar-refractivity contribution in [2.24, 2.45) is 0 Å². The van der Waals surface area contributed by atoms with E-state index < -0.39 is 0 Å². The van der Waals surface area contributed by atoms with E-state index in [9.17, 15) is 0 Å². The fourth-order valence-corrected chi connectivity index (χ4v) is 2.61. The molecule has 2 heteroatoms. The fourth-order valence-electron chi connectivity index (χ4n) is 2.61. The highest BCUT2D eigenvalue weighted by Crippen LogP contribution is 2.41. The Morgan fingerprint density at radius 2 is 1.55 bits per heavy atom. The van der Waals surface area contributed by atoms with Gasteiger partial charge in [-0.3, -0.25) is 0 Å². The minimum Gasteiger partial charge on any atom is -0.496 e. The molecule has 0 radical (unpaired) electrons. The monoisotopic (exact) mass is 266 g/mol. The highest BCUT2D eigenvalue weighted by Gasteiger charge is 2.27. The third kappa shape index (κ3) is 2.18. The number of hydrogen-bond donors (Lipinski definition) is 0. The van der Waals surface area contributed by atoms with Crippen LogP contribution in [0.25, 0.3) is 5.57 Å². The molecule has 1 aliphatic rings. The zero-order chi connectivity index (χ0) is 14.2. The van der Waals surface area contributed by atoms with Gasteiger partial charge in [-0.2, -0.15) is 0 Å². The molecule has 20 heavy (non-hydrogen) atoms. The molecule has 0 fully saturated rings. The summed E-state index contributed by atoms with van der Waals surface area (Å²) in [6.45, 7) is 4.14. The number of rotatable bonds is 2. The quantitative estimate of drug-likeness (QED) is 0.807. The lowest BCUT2D eigenvalue weighted by atomic mass is 9.89. The summed E-state index contributed by atoms with van der Waals surface area (Å²) in [5, 5.41) is 0. The Morgan fingerprint density at radius 1 is 0.900 bits per heavy atom. The van der Waals surface area contributed by atoms with E-state index in [2.05, 4.69) is 32.1 Å². The normalized spacial score (nSPS) is 15.8. The van der Waals surface area contributed by atoms with Crippen LogP contribution in [0.15, 0.2) is 54.6 Å². The molecule has 102 valence electrons. The van der Waals surface area contributed by atoms with E-state index in [1.165, 1.54) is 0 Å². The van der Waals surface area contributed by atoms with E-state index in [0.717, 1.165) is 28.2 Å². The van der Waals surface area contributed by atoms with E-state index in [1.54, 1.807) is 7.11 Å². The molecular weight excluding hydrogens is 248 g/mol. The molecule has 0 N–H and O–H groups in total. The molecule has 2 aromatic carbocycles. The van der Waals surface area contributed by atoms with E-state index in [1.807, 2.05) is 36.4 Å². The molecule has 0 spiro atoms. The topological polar surface area (TPSA) is 18.5 Å². The van der Waals surface area contributed by atoms with Crippen LogP contribution in [0.3, 0.4) is 0 Å². The maximum atomic E-state index is 6.03. The van der Waals surface area contributed by atoms with Crippen molar-refractivity contribution >= 4 is 5.57 Å². The first-order valence-corrected chi connectivity index (χ1v) is 6.75. The number of hydrogen-bond acceptors (Lipinski definition) is 2. The van der Waals surface area contributed by atoms with Crippen molar-refractivity contribution < 1.29 is 9.47 Å². The Balaban J connectivity index is 2.23. The standard InChI is InChI=1S/C18H18O2/c1-18(2)12-15(13-8-4-6-10-16(13)19-3)14-9-5-7-11-17(14)20-18/h4-12H,1-3H3. The minimum atomic E-state index is -0.329.